The van der Waals surface area contributed by atoms with E-state index in [4.69, 9.17) is 0 Å². The first kappa shape index (κ1) is 22.4. The lowest BCUT2D eigenvalue weighted by atomic mass is 10.0. The van der Waals surface area contributed by atoms with Crippen molar-refractivity contribution in [2.45, 2.75) is 30.1 Å². The number of ether oxygens (including phenoxy) is 1. The second-order valence-corrected chi connectivity index (χ2v) is 10.2. The molecule has 34 heavy (non-hydrogen) atoms. The highest BCUT2D eigenvalue weighted by Crippen LogP contribution is 2.44. The molecular weight excluding hydrogens is 469 g/mol. The van der Waals surface area contributed by atoms with E-state index in [0.717, 1.165) is 6.26 Å². The van der Waals surface area contributed by atoms with Crippen LogP contribution in [0, 0.1) is 5.82 Å². The largest absolute Gasteiger partial charge is 0.434 e. The van der Waals surface area contributed by atoms with Crippen molar-refractivity contribution >= 4 is 20.9 Å². The molecule has 0 radical (unpaired) electrons. The second-order valence-electron chi connectivity index (χ2n) is 8.14. The van der Waals surface area contributed by atoms with Crippen LogP contribution in [0.3, 0.4) is 0 Å². The van der Waals surface area contributed by atoms with E-state index in [0.29, 0.717) is 28.0 Å². The predicted octanol–water partition coefficient (Wildman–Crippen LogP) is 4.87. The number of imidazole rings is 1. The molecule has 10 heteroatoms. The number of sulfone groups is 1. The van der Waals surface area contributed by atoms with Gasteiger partial charge in [0.05, 0.1) is 22.0 Å². The van der Waals surface area contributed by atoms with Gasteiger partial charge in [-0.2, -0.15) is 8.78 Å². The number of rotatable bonds is 5. The van der Waals surface area contributed by atoms with Crippen molar-refractivity contribution in [3.63, 3.8) is 0 Å². The van der Waals surface area contributed by atoms with Crippen LogP contribution in [-0.4, -0.2) is 35.9 Å². The number of aliphatic hydroxyl groups excluding tert-OH is 1. The van der Waals surface area contributed by atoms with Gasteiger partial charge in [0.25, 0.3) is 0 Å². The number of benzene rings is 3. The van der Waals surface area contributed by atoms with Gasteiger partial charge < -0.3 is 14.4 Å². The van der Waals surface area contributed by atoms with E-state index in [9.17, 15) is 26.7 Å². The van der Waals surface area contributed by atoms with Gasteiger partial charge in [0.2, 0.25) is 0 Å². The fourth-order valence-corrected chi connectivity index (χ4v) is 5.08. The quantitative estimate of drug-likeness (QED) is 0.433. The number of aromatic nitrogens is 2. The molecule has 0 saturated carbocycles. The van der Waals surface area contributed by atoms with Crippen LogP contribution in [0.2, 0.25) is 0 Å². The Morgan fingerprint density at radius 1 is 1.12 bits per heavy atom. The van der Waals surface area contributed by atoms with Gasteiger partial charge in [-0.1, -0.05) is 30.3 Å². The average Bonchev–Trinajstić information content (AvgIpc) is 3.29. The maximum Gasteiger partial charge on any atom is 0.387 e. The Labute approximate surface area is 193 Å². The maximum atomic E-state index is 15.0. The van der Waals surface area contributed by atoms with Crippen molar-refractivity contribution in [1.82, 2.24) is 9.55 Å². The second kappa shape index (κ2) is 8.14. The molecule has 1 aliphatic rings. The Morgan fingerprint density at radius 3 is 2.50 bits per heavy atom. The minimum Gasteiger partial charge on any atom is -0.434 e. The number of nitrogens with zero attached hydrogens (tertiary/aromatic N) is 2. The fraction of sp³-hybridized carbons (Fsp3) is 0.208. The third kappa shape index (κ3) is 3.82. The standard InChI is InChI=1S/C24H19F3N2O4S/c1-34(31,32)14-8-6-13(7-9-14)16-10-20-18(11-17(16)25)28-23-21(30)12-19(29(20)23)15-4-2-3-5-22(15)33-24(26)27/h2-11,19,21,24,30H,12H2,1H3/t19-,21?/m1/s1. The van der Waals surface area contributed by atoms with Crippen LogP contribution in [0.5, 0.6) is 5.75 Å². The first-order chi connectivity index (χ1) is 16.1. The molecule has 0 fully saturated rings. The summed E-state index contributed by atoms with van der Waals surface area (Å²) in [6, 6.07) is 14.4. The minimum absolute atomic E-state index is 0.0110. The Bertz CT molecular complexity index is 1500. The first-order valence-corrected chi connectivity index (χ1v) is 12.3. The molecule has 0 bridgehead atoms. The molecule has 0 amide bonds. The SMILES string of the molecule is CS(=O)(=O)c1ccc(-c2cc3c(cc2F)nc2n3[C@@H](c3ccccc3OC(F)F)CC2O)cc1. The average molecular weight is 488 g/mol. The Kier molecular flexibility index (Phi) is 5.37. The molecule has 0 spiro atoms. The van der Waals surface area contributed by atoms with E-state index in [1.54, 1.807) is 28.8 Å². The van der Waals surface area contributed by atoms with Crippen molar-refractivity contribution in [2.75, 3.05) is 6.26 Å². The molecule has 2 heterocycles. The normalized spacial score (nSPS) is 17.9. The summed E-state index contributed by atoms with van der Waals surface area (Å²) in [5, 5.41) is 10.6. The molecule has 3 aromatic carbocycles. The lowest BCUT2D eigenvalue weighted by Crippen LogP contribution is -2.10. The summed E-state index contributed by atoms with van der Waals surface area (Å²) in [4.78, 5) is 4.50. The van der Waals surface area contributed by atoms with Crippen LogP contribution in [0.1, 0.15) is 30.0 Å². The molecule has 4 aromatic rings. The highest BCUT2D eigenvalue weighted by molar-refractivity contribution is 7.90. The Morgan fingerprint density at radius 2 is 1.82 bits per heavy atom. The Hall–Kier alpha value is -3.37. The van der Waals surface area contributed by atoms with Crippen molar-refractivity contribution in [3.8, 4) is 16.9 Å². The van der Waals surface area contributed by atoms with Gasteiger partial charge in [-0.3, -0.25) is 0 Å². The van der Waals surface area contributed by atoms with Crippen molar-refractivity contribution in [1.29, 1.82) is 0 Å². The van der Waals surface area contributed by atoms with E-state index in [2.05, 4.69) is 9.72 Å². The topological polar surface area (TPSA) is 81.4 Å². The van der Waals surface area contributed by atoms with Crippen LogP contribution >= 0.6 is 0 Å². The fourth-order valence-electron chi connectivity index (χ4n) is 4.45. The van der Waals surface area contributed by atoms with Gasteiger partial charge in [-0.15, -0.1) is 0 Å². The molecule has 1 aromatic heterocycles. The van der Waals surface area contributed by atoms with Gasteiger partial charge in [0.15, 0.2) is 9.84 Å². The molecule has 0 aliphatic carbocycles. The third-order valence-corrected chi connectivity index (χ3v) is 7.08. The lowest BCUT2D eigenvalue weighted by Gasteiger charge is -2.19. The smallest absolute Gasteiger partial charge is 0.387 e. The van der Waals surface area contributed by atoms with E-state index in [1.165, 1.54) is 36.4 Å². The monoisotopic (exact) mass is 488 g/mol. The molecule has 176 valence electrons. The summed E-state index contributed by atoms with van der Waals surface area (Å²) < 4.78 is 70.8. The highest BCUT2D eigenvalue weighted by Gasteiger charge is 2.36. The Balaban J connectivity index is 1.65. The van der Waals surface area contributed by atoms with Crippen LogP contribution in [0.15, 0.2) is 65.6 Å². The molecule has 6 nitrogen and oxygen atoms in total. The molecule has 2 atom stereocenters. The van der Waals surface area contributed by atoms with Crippen LogP contribution < -0.4 is 4.74 Å². The maximum absolute atomic E-state index is 15.0. The number of fused-ring (bicyclic) bond motifs is 3. The lowest BCUT2D eigenvalue weighted by molar-refractivity contribution is -0.0507. The summed E-state index contributed by atoms with van der Waals surface area (Å²) in [7, 11) is -3.40. The van der Waals surface area contributed by atoms with Gasteiger partial charge in [-0.05, 0) is 29.8 Å². The molecule has 1 unspecified atom stereocenters. The van der Waals surface area contributed by atoms with E-state index >= 15 is 0 Å². The number of halogens is 3. The van der Waals surface area contributed by atoms with Crippen LogP contribution in [-0.2, 0) is 9.84 Å². The van der Waals surface area contributed by atoms with Crippen LogP contribution in [0.4, 0.5) is 13.2 Å². The molecule has 1 aliphatic heterocycles. The summed E-state index contributed by atoms with van der Waals surface area (Å²) in [5.74, 6) is -0.275. The van der Waals surface area contributed by atoms with Gasteiger partial charge in [0, 0.05) is 29.9 Å². The predicted molar refractivity (Wildman–Crippen MR) is 119 cm³/mol. The molecule has 0 saturated heterocycles. The van der Waals surface area contributed by atoms with Crippen LogP contribution in [0.25, 0.3) is 22.2 Å². The van der Waals surface area contributed by atoms with Crippen molar-refractivity contribution in [3.05, 3.63) is 77.9 Å². The molecule has 5 rings (SSSR count). The summed E-state index contributed by atoms with van der Waals surface area (Å²) in [6.07, 6.45) is 0.306. The zero-order chi connectivity index (χ0) is 24.2. The minimum atomic E-state index is -3.40. The molecule has 1 N–H and O–H groups in total. The first-order valence-electron chi connectivity index (χ1n) is 10.4. The number of aliphatic hydroxyl groups is 1. The van der Waals surface area contributed by atoms with Crippen molar-refractivity contribution in [2.24, 2.45) is 0 Å². The summed E-state index contributed by atoms with van der Waals surface area (Å²) in [6.45, 7) is -3.01. The third-order valence-electron chi connectivity index (χ3n) is 5.95. The summed E-state index contributed by atoms with van der Waals surface area (Å²) in [5.41, 5.74) is 1.93. The highest BCUT2D eigenvalue weighted by atomic mass is 32.2. The van der Waals surface area contributed by atoms with E-state index in [-0.39, 0.29) is 22.6 Å². The number of hydrogen-bond acceptors (Lipinski definition) is 5. The molecular formula is C24H19F3N2O4S. The number of hydrogen-bond donors (Lipinski definition) is 1. The van der Waals surface area contributed by atoms with Crippen molar-refractivity contribution < 1.29 is 31.4 Å². The number of para-hydroxylation sites is 1. The van der Waals surface area contributed by atoms with E-state index in [1.807, 2.05) is 0 Å². The zero-order valence-electron chi connectivity index (χ0n) is 17.8. The van der Waals surface area contributed by atoms with Gasteiger partial charge >= 0.3 is 6.61 Å². The number of alkyl halides is 2. The van der Waals surface area contributed by atoms with Gasteiger partial charge in [0.1, 0.15) is 23.5 Å². The van der Waals surface area contributed by atoms with Gasteiger partial charge in [-0.25, -0.2) is 17.8 Å². The van der Waals surface area contributed by atoms with E-state index < -0.39 is 34.4 Å². The summed E-state index contributed by atoms with van der Waals surface area (Å²) >= 11 is 0. The zero-order valence-corrected chi connectivity index (χ0v) is 18.6.